The molecule has 60 valence electrons. The Kier molecular flexibility index (Phi) is 2.44. The number of rotatable bonds is 2. The Bertz CT molecular complexity index is 248. The third kappa shape index (κ3) is 1.68. The van der Waals surface area contributed by atoms with E-state index >= 15 is 0 Å². The topological polar surface area (TPSA) is 38.0 Å². The van der Waals surface area contributed by atoms with Crippen molar-refractivity contribution in [3.63, 3.8) is 0 Å². The van der Waals surface area contributed by atoms with E-state index in [9.17, 15) is 4.39 Å². The molecule has 1 aromatic rings. The van der Waals surface area contributed by atoms with Gasteiger partial charge in [-0.3, -0.25) is 0 Å². The summed E-state index contributed by atoms with van der Waals surface area (Å²) in [5.74, 6) is -0.246. The first-order valence-electron chi connectivity index (χ1n) is 3.44. The highest BCUT2D eigenvalue weighted by molar-refractivity contribution is 5.46. The average Bonchev–Trinajstić information content (AvgIpc) is 2.05. The van der Waals surface area contributed by atoms with Crippen molar-refractivity contribution in [2.45, 2.75) is 6.54 Å². The predicted octanol–water partition coefficient (Wildman–Crippen LogP) is 1.33. The molecule has 1 rings (SSSR count). The summed E-state index contributed by atoms with van der Waals surface area (Å²) < 4.78 is 12.8. The highest BCUT2D eigenvalue weighted by Crippen LogP contribution is 2.14. The first-order chi connectivity index (χ1) is 5.27. The van der Waals surface area contributed by atoms with E-state index in [0.717, 1.165) is 5.56 Å². The largest absolute Gasteiger partial charge is 0.386 e. The van der Waals surface area contributed by atoms with Crippen molar-refractivity contribution in [1.82, 2.24) is 0 Å². The summed E-state index contributed by atoms with van der Waals surface area (Å²) in [7, 11) is 1.68. The van der Waals surface area contributed by atoms with Crippen molar-refractivity contribution in [3.8, 4) is 0 Å². The van der Waals surface area contributed by atoms with Crippen LogP contribution in [0.25, 0.3) is 0 Å². The maximum absolute atomic E-state index is 12.8. The summed E-state index contributed by atoms with van der Waals surface area (Å²) >= 11 is 0. The van der Waals surface area contributed by atoms with E-state index < -0.39 is 0 Å². The first-order valence-corrected chi connectivity index (χ1v) is 3.44. The van der Waals surface area contributed by atoms with E-state index in [2.05, 4.69) is 5.32 Å². The van der Waals surface area contributed by atoms with Crippen LogP contribution in [0.5, 0.6) is 0 Å². The van der Waals surface area contributed by atoms with Gasteiger partial charge in [-0.15, -0.1) is 0 Å². The molecule has 0 aliphatic rings. The third-order valence-corrected chi connectivity index (χ3v) is 1.54. The highest BCUT2D eigenvalue weighted by Gasteiger charge is 1.99. The Morgan fingerprint density at radius 3 is 2.82 bits per heavy atom. The number of nitrogens with one attached hydrogen (secondary N) is 1. The molecule has 1 aromatic carbocycles. The summed E-state index contributed by atoms with van der Waals surface area (Å²) in [6.07, 6.45) is 0. The van der Waals surface area contributed by atoms with Crippen LogP contribution in [0.15, 0.2) is 18.2 Å². The van der Waals surface area contributed by atoms with Gasteiger partial charge in [0.05, 0.1) is 5.69 Å². The summed E-state index contributed by atoms with van der Waals surface area (Å²) in [6, 6.07) is 4.79. The summed E-state index contributed by atoms with van der Waals surface area (Å²) in [4.78, 5) is 0. The second-order valence-electron chi connectivity index (χ2n) is 2.27. The lowest BCUT2D eigenvalue weighted by Gasteiger charge is -2.03. The van der Waals surface area contributed by atoms with Crippen LogP contribution in [-0.2, 0) is 6.54 Å². The lowest BCUT2D eigenvalue weighted by molar-refractivity contribution is 0.630. The number of hydrogen-bond donors (Lipinski definition) is 2. The molecule has 0 aromatic heterocycles. The van der Waals surface area contributed by atoms with Gasteiger partial charge in [0.1, 0.15) is 5.82 Å². The Morgan fingerprint density at radius 1 is 1.55 bits per heavy atom. The molecule has 11 heavy (non-hydrogen) atoms. The fourth-order valence-electron chi connectivity index (χ4n) is 0.891. The zero-order valence-electron chi connectivity index (χ0n) is 6.39. The maximum atomic E-state index is 12.8. The van der Waals surface area contributed by atoms with Crippen LogP contribution >= 0.6 is 0 Å². The SMILES string of the molecule is CNc1cc(CN)ccc1F. The van der Waals surface area contributed by atoms with Crippen molar-refractivity contribution in [3.05, 3.63) is 29.6 Å². The minimum Gasteiger partial charge on any atom is -0.386 e. The van der Waals surface area contributed by atoms with Crippen molar-refractivity contribution < 1.29 is 4.39 Å². The zero-order valence-corrected chi connectivity index (χ0v) is 6.39. The molecule has 0 aliphatic heterocycles. The second kappa shape index (κ2) is 3.34. The molecule has 0 aliphatic carbocycles. The maximum Gasteiger partial charge on any atom is 0.146 e. The zero-order chi connectivity index (χ0) is 8.27. The molecule has 0 heterocycles. The van der Waals surface area contributed by atoms with Gasteiger partial charge in [-0.1, -0.05) is 6.07 Å². The highest BCUT2D eigenvalue weighted by atomic mass is 19.1. The molecule has 0 spiro atoms. The van der Waals surface area contributed by atoms with Gasteiger partial charge in [0.2, 0.25) is 0 Å². The smallest absolute Gasteiger partial charge is 0.146 e. The normalized spacial score (nSPS) is 9.73. The minimum absolute atomic E-state index is 0.246. The van der Waals surface area contributed by atoms with Crippen LogP contribution < -0.4 is 11.1 Å². The number of anilines is 1. The van der Waals surface area contributed by atoms with Crippen molar-refractivity contribution in [2.75, 3.05) is 12.4 Å². The molecule has 0 saturated heterocycles. The molecular formula is C8H11FN2. The summed E-state index contributed by atoms with van der Waals surface area (Å²) in [5, 5.41) is 2.74. The standard InChI is InChI=1S/C8H11FN2/c1-11-8-4-6(5-10)2-3-7(8)9/h2-4,11H,5,10H2,1H3. The Hall–Kier alpha value is -1.09. The van der Waals surface area contributed by atoms with Gasteiger partial charge in [0, 0.05) is 13.6 Å². The fourth-order valence-corrected chi connectivity index (χ4v) is 0.891. The third-order valence-electron chi connectivity index (χ3n) is 1.54. The van der Waals surface area contributed by atoms with Crippen molar-refractivity contribution >= 4 is 5.69 Å². The molecule has 0 radical (unpaired) electrons. The summed E-state index contributed by atoms with van der Waals surface area (Å²) in [5.41, 5.74) is 6.79. The molecule has 0 saturated carbocycles. The Labute approximate surface area is 65.2 Å². The molecule has 2 nitrogen and oxygen atoms in total. The van der Waals surface area contributed by atoms with E-state index in [0.29, 0.717) is 12.2 Å². The average molecular weight is 154 g/mol. The van der Waals surface area contributed by atoms with Gasteiger partial charge in [0.25, 0.3) is 0 Å². The Balaban J connectivity index is 3.02. The Morgan fingerprint density at radius 2 is 2.27 bits per heavy atom. The van der Waals surface area contributed by atoms with Crippen LogP contribution in [0.1, 0.15) is 5.56 Å². The number of benzene rings is 1. The van der Waals surface area contributed by atoms with Gasteiger partial charge >= 0.3 is 0 Å². The number of nitrogens with two attached hydrogens (primary N) is 1. The molecule has 0 fully saturated rings. The molecule has 0 amide bonds. The van der Waals surface area contributed by atoms with E-state index in [1.807, 2.05) is 0 Å². The lowest BCUT2D eigenvalue weighted by atomic mass is 10.2. The molecule has 0 atom stereocenters. The van der Waals surface area contributed by atoms with Crippen LogP contribution in [0.3, 0.4) is 0 Å². The predicted molar refractivity (Wildman–Crippen MR) is 43.8 cm³/mol. The van der Waals surface area contributed by atoms with Gasteiger partial charge in [0.15, 0.2) is 0 Å². The van der Waals surface area contributed by atoms with Crippen LogP contribution in [0, 0.1) is 5.82 Å². The van der Waals surface area contributed by atoms with Gasteiger partial charge in [-0.25, -0.2) is 4.39 Å². The molecule has 3 N–H and O–H groups in total. The van der Waals surface area contributed by atoms with Crippen LogP contribution in [0.4, 0.5) is 10.1 Å². The summed E-state index contributed by atoms with van der Waals surface area (Å²) in [6.45, 7) is 0.439. The fraction of sp³-hybridized carbons (Fsp3) is 0.250. The van der Waals surface area contributed by atoms with E-state index in [4.69, 9.17) is 5.73 Å². The molecular weight excluding hydrogens is 143 g/mol. The lowest BCUT2D eigenvalue weighted by Crippen LogP contribution is -1.99. The number of hydrogen-bond acceptors (Lipinski definition) is 2. The van der Waals surface area contributed by atoms with Gasteiger partial charge in [-0.2, -0.15) is 0 Å². The van der Waals surface area contributed by atoms with Crippen molar-refractivity contribution in [1.29, 1.82) is 0 Å². The van der Waals surface area contributed by atoms with Crippen LogP contribution in [-0.4, -0.2) is 7.05 Å². The van der Waals surface area contributed by atoms with Gasteiger partial charge in [-0.05, 0) is 17.7 Å². The van der Waals surface area contributed by atoms with E-state index in [1.165, 1.54) is 6.07 Å². The first kappa shape index (κ1) is 8.01. The van der Waals surface area contributed by atoms with E-state index in [-0.39, 0.29) is 5.82 Å². The number of halogens is 1. The molecule has 0 bridgehead atoms. The van der Waals surface area contributed by atoms with Gasteiger partial charge < -0.3 is 11.1 Å². The molecule has 0 unspecified atom stereocenters. The molecule has 3 heteroatoms. The second-order valence-corrected chi connectivity index (χ2v) is 2.27. The monoisotopic (exact) mass is 154 g/mol. The minimum atomic E-state index is -0.246. The van der Waals surface area contributed by atoms with E-state index in [1.54, 1.807) is 19.2 Å². The quantitative estimate of drug-likeness (QED) is 0.674. The van der Waals surface area contributed by atoms with Crippen LogP contribution in [0.2, 0.25) is 0 Å². The van der Waals surface area contributed by atoms with Crippen molar-refractivity contribution in [2.24, 2.45) is 5.73 Å².